The van der Waals surface area contributed by atoms with Crippen LogP contribution in [-0.2, 0) is 112 Å². The van der Waals surface area contributed by atoms with Crippen molar-refractivity contribution >= 4 is 143 Å². The van der Waals surface area contributed by atoms with E-state index in [1.807, 2.05) is 0 Å². The van der Waals surface area contributed by atoms with Crippen molar-refractivity contribution in [1.82, 2.24) is 108 Å². The van der Waals surface area contributed by atoms with Crippen molar-refractivity contribution in [3.8, 4) is 0 Å². The molecule has 6 aliphatic rings. The van der Waals surface area contributed by atoms with E-state index in [4.69, 9.17) is 17.2 Å². The number of nitrogens with zero attached hydrogens (tertiary/aromatic N) is 7. The van der Waals surface area contributed by atoms with Gasteiger partial charge < -0.3 is 146 Å². The first kappa shape index (κ1) is 115. The fourth-order valence-electron chi connectivity index (χ4n) is 17.8. The van der Waals surface area contributed by atoms with E-state index in [0.717, 1.165) is 4.90 Å². The molecular formula is C88H140N24O27S. The molecule has 21 atom stereocenters. The van der Waals surface area contributed by atoms with Crippen molar-refractivity contribution < 1.29 is 131 Å². The van der Waals surface area contributed by atoms with E-state index in [2.05, 4.69) is 91.7 Å². The summed E-state index contributed by atoms with van der Waals surface area (Å²) in [6.45, 7) is 12.0. The van der Waals surface area contributed by atoms with Crippen molar-refractivity contribution in [1.29, 1.82) is 0 Å². The van der Waals surface area contributed by atoms with E-state index < -0.39 is 308 Å². The maximum absolute atomic E-state index is 14.8. The molecule has 0 bridgehead atoms. The predicted molar refractivity (Wildman–Crippen MR) is 496 cm³/mol. The average molecular weight is 2000 g/mol. The number of hydrogen-bond donors (Lipinski definition) is 23. The van der Waals surface area contributed by atoms with Crippen LogP contribution in [0, 0.1) is 11.8 Å². The number of imidazole rings is 1. The molecule has 0 unspecified atom stereocenters. The molecule has 51 nitrogen and oxygen atoms in total. The van der Waals surface area contributed by atoms with Crippen LogP contribution < -0.4 is 86.3 Å². The standard InChI is InChI=1S/C88H140N24O27S/c1-43(2)36-55(98-65(117)39-93-73(123)56(37-50-38-92-42-94-50)102-74(124)52(18-10-11-29-89)101-80(130)60-21-14-32-109(60)87(137)68(48(8)114)105-71(121)45(5)95-72(122)51(90)40-113)77(127)100-54(26-28-66(118)119)75(125)99-53(25-27-64(91)116)76(126)103-57(41-140)83(133)111-34-16-23-62(111)84(134)108-31-13-20-59(108)79(129)97-47(7)82(132)110-33-15-22-61(110)86(136)112-35-17-24-63(112)85(135)107-30-12-19-58(107)78(128)96-46(6)70(120)104-67(44(3)4)81(131)106-69(49(9)115)88(138)139/h38,42-49,51-63,67-69,113-115,140H,10-37,39-41,89-90H2,1-9H3,(H2,91,116)(H,92,94)(H,93,123)(H,95,122)(H,96,128)(H,97,129)(H,98,117)(H,99,125)(H,100,127)(H,101,130)(H,102,124)(H,103,126)(H,104,120)(H,105,121)(H,106,131)(H,118,119)(H,138,139)/t45-,46-,47-,48+,49+,51-,52-,53-,54-,55-,56-,57-,58-,59-,60-,61-,62-,63-,67-,68-,69-/m0/s1. The van der Waals surface area contributed by atoms with Gasteiger partial charge in [0.05, 0.1) is 31.7 Å². The Morgan fingerprint density at radius 1 is 0.436 bits per heavy atom. The normalized spacial score (nSPS) is 21.1. The Bertz CT molecular complexity index is 4610. The van der Waals surface area contributed by atoms with E-state index in [0.29, 0.717) is 37.8 Å². The van der Waals surface area contributed by atoms with Crippen molar-refractivity contribution in [3.05, 3.63) is 18.2 Å². The number of aliphatic hydroxyl groups excluding tert-OH is 3. The first-order valence-electron chi connectivity index (χ1n) is 47.6. The number of carboxylic acids is 2. The molecule has 1 aromatic rings. The Morgan fingerprint density at radius 2 is 0.850 bits per heavy atom. The summed E-state index contributed by atoms with van der Waals surface area (Å²) < 4.78 is 0. The van der Waals surface area contributed by atoms with Gasteiger partial charge in [0.15, 0.2) is 6.04 Å². The van der Waals surface area contributed by atoms with Crippen LogP contribution in [0.4, 0.5) is 0 Å². The van der Waals surface area contributed by atoms with Crippen LogP contribution >= 0.6 is 12.6 Å². The summed E-state index contributed by atoms with van der Waals surface area (Å²) in [5.74, 6) is -21.1. The molecule has 7 heterocycles. The molecule has 0 aliphatic carbocycles. The number of amides is 20. The van der Waals surface area contributed by atoms with Gasteiger partial charge in [-0.15, -0.1) is 0 Å². The lowest BCUT2D eigenvalue weighted by atomic mass is 10.0. The fourth-order valence-corrected chi connectivity index (χ4v) is 18.0. The van der Waals surface area contributed by atoms with Gasteiger partial charge >= 0.3 is 11.9 Å². The van der Waals surface area contributed by atoms with Crippen LogP contribution in [-0.4, -0.2) is 387 Å². The maximum atomic E-state index is 14.8. The van der Waals surface area contributed by atoms with E-state index in [1.54, 1.807) is 27.7 Å². The fraction of sp³-hybridized carbons (Fsp3) is 0.716. The quantitative estimate of drug-likeness (QED) is 0.0213. The van der Waals surface area contributed by atoms with Crippen LogP contribution in [0.25, 0.3) is 0 Å². The molecule has 0 aromatic carbocycles. The Hall–Kier alpha value is -12.3. The highest BCUT2D eigenvalue weighted by Gasteiger charge is 2.50. The number of primary amides is 1. The molecule has 0 saturated carbocycles. The van der Waals surface area contributed by atoms with Crippen LogP contribution in [0.1, 0.15) is 196 Å². The highest BCUT2D eigenvalue weighted by Crippen LogP contribution is 2.32. The van der Waals surface area contributed by atoms with Crippen LogP contribution in [0.15, 0.2) is 12.5 Å². The third-order valence-corrected chi connectivity index (χ3v) is 25.8. The van der Waals surface area contributed by atoms with E-state index in [1.165, 1.54) is 71.6 Å². The number of aromatic nitrogens is 2. The second-order valence-corrected chi connectivity index (χ2v) is 37.5. The molecule has 25 N–H and O–H groups in total. The van der Waals surface area contributed by atoms with Crippen LogP contribution in [0.2, 0.25) is 0 Å². The van der Waals surface area contributed by atoms with Gasteiger partial charge in [0.2, 0.25) is 118 Å². The van der Waals surface area contributed by atoms with Crippen molar-refractivity contribution in [2.45, 2.75) is 324 Å². The largest absolute Gasteiger partial charge is 0.481 e. The predicted octanol–water partition coefficient (Wildman–Crippen LogP) is -9.05. The third-order valence-electron chi connectivity index (χ3n) is 25.4. The van der Waals surface area contributed by atoms with Gasteiger partial charge in [0, 0.05) is 76.2 Å². The zero-order valence-electron chi connectivity index (χ0n) is 80.4. The van der Waals surface area contributed by atoms with Crippen LogP contribution in [0.5, 0.6) is 0 Å². The SMILES string of the molecule is CC(C)C[C@H](NC(=O)CNC(=O)[C@H](Cc1cnc[nH]1)NC(=O)[C@H](CCCCN)NC(=O)[C@@H]1CCCN1C(=O)[C@@H](NC(=O)[C@H](C)NC(=O)[C@@H](N)CO)[C@@H](C)O)C(=O)N[C@@H](CCC(=O)O)C(=O)N[C@@H](CCC(N)=O)C(=O)N[C@@H](CS)C(=O)N1CCC[C@H]1C(=O)N1CCC[C@H]1C(=O)N[C@@H](C)C(=O)N1CCC[C@H]1C(=O)N1CCC[C@H]1C(=O)N1CCC[C@H]1C(=O)N[C@@H](C)C(=O)N[C@H](C(=O)N[C@H](C(=O)O)[C@@H](C)O)C(C)C. The first-order valence-corrected chi connectivity index (χ1v) is 48.3. The minimum atomic E-state index is -1.80. The molecule has 6 aliphatic heterocycles. The number of H-pyrrole nitrogens is 1. The second-order valence-electron chi connectivity index (χ2n) is 37.1. The number of carbonyl (C=O) groups is 22. The molecule has 0 spiro atoms. The van der Waals surface area contributed by atoms with E-state index in [9.17, 15) is 131 Å². The number of carboxylic acid groups (broad SMARTS) is 2. The summed E-state index contributed by atoms with van der Waals surface area (Å²) in [7, 11) is 0. The summed E-state index contributed by atoms with van der Waals surface area (Å²) in [6, 6.07) is -26.0. The second kappa shape index (κ2) is 54.5. The topological polar surface area (TPSA) is 759 Å². The lowest BCUT2D eigenvalue weighted by Gasteiger charge is -2.35. The molecule has 780 valence electrons. The number of unbranched alkanes of at least 4 members (excludes halogenated alkanes) is 1. The van der Waals surface area contributed by atoms with Gasteiger partial charge in [-0.3, -0.25) is 101 Å². The number of carbonyl (C=O) groups excluding carboxylic acids is 20. The van der Waals surface area contributed by atoms with Crippen LogP contribution in [0.3, 0.4) is 0 Å². The smallest absolute Gasteiger partial charge is 0.328 e. The number of hydrogen-bond acceptors (Lipinski definition) is 29. The molecule has 52 heteroatoms. The first-order chi connectivity index (χ1) is 66.1. The van der Waals surface area contributed by atoms with E-state index in [-0.39, 0.29) is 129 Å². The summed E-state index contributed by atoms with van der Waals surface area (Å²) in [5, 5.41) is 81.6. The highest BCUT2D eigenvalue weighted by molar-refractivity contribution is 7.80. The molecular weight excluding hydrogens is 1860 g/mol. The van der Waals surface area contributed by atoms with Crippen molar-refractivity contribution in [3.63, 3.8) is 0 Å². The summed E-state index contributed by atoms with van der Waals surface area (Å²) in [4.78, 5) is 318. The Kier molecular flexibility index (Phi) is 44.6. The van der Waals surface area contributed by atoms with Crippen molar-refractivity contribution in [2.24, 2.45) is 29.0 Å². The molecule has 1 aromatic heterocycles. The number of thiol groups is 1. The lowest BCUT2D eigenvalue weighted by Crippen LogP contribution is -2.61. The van der Waals surface area contributed by atoms with Gasteiger partial charge in [0.1, 0.15) is 109 Å². The maximum Gasteiger partial charge on any atom is 0.328 e. The molecule has 6 fully saturated rings. The Morgan fingerprint density at radius 3 is 1.31 bits per heavy atom. The zero-order chi connectivity index (χ0) is 104. The van der Waals surface area contributed by atoms with Gasteiger partial charge in [-0.1, -0.05) is 27.7 Å². The number of aliphatic carboxylic acids is 2. The molecule has 20 amide bonds. The summed E-state index contributed by atoms with van der Waals surface area (Å²) in [5.41, 5.74) is 17.2. The summed E-state index contributed by atoms with van der Waals surface area (Å²) in [6.07, 6.45) is 0.372. The third kappa shape index (κ3) is 32.1. The monoisotopic (exact) mass is 2000 g/mol. The minimum absolute atomic E-state index is 0.0174. The van der Waals surface area contributed by atoms with E-state index >= 15 is 0 Å². The lowest BCUT2D eigenvalue weighted by molar-refractivity contribution is -0.151. The highest BCUT2D eigenvalue weighted by atomic mass is 32.1. The number of likely N-dealkylation sites (tertiary alicyclic amines) is 6. The Labute approximate surface area is 814 Å². The number of nitrogens with two attached hydrogens (primary N) is 3. The zero-order valence-corrected chi connectivity index (χ0v) is 81.3. The molecule has 6 saturated heterocycles. The number of aliphatic hydroxyl groups is 3. The average Bonchev–Trinajstić information content (AvgIpc) is 1.53. The number of nitrogens with one attached hydrogen (secondary N) is 14. The van der Waals surface area contributed by atoms with Gasteiger partial charge in [-0.05, 0) is 169 Å². The number of aromatic amines is 1. The van der Waals surface area contributed by atoms with Gasteiger partial charge in [-0.2, -0.15) is 12.6 Å². The number of rotatable bonds is 52. The van der Waals surface area contributed by atoms with Gasteiger partial charge in [-0.25, -0.2) is 9.78 Å². The molecule has 0 radical (unpaired) electrons. The molecule has 140 heavy (non-hydrogen) atoms. The van der Waals surface area contributed by atoms with Gasteiger partial charge in [0.25, 0.3) is 0 Å². The van der Waals surface area contributed by atoms with Crippen molar-refractivity contribution in [2.75, 3.05) is 64.7 Å². The Balaban J connectivity index is 0.947. The molecule has 7 rings (SSSR count). The minimum Gasteiger partial charge on any atom is -0.481 e. The summed E-state index contributed by atoms with van der Waals surface area (Å²) >= 11 is 4.37.